The van der Waals surface area contributed by atoms with Crippen LogP contribution in [0.4, 0.5) is 0 Å². The molecular weight excluding hydrogens is 334 g/mol. The number of nitrogens with zero attached hydrogens (tertiary/aromatic N) is 5. The van der Waals surface area contributed by atoms with E-state index in [9.17, 15) is 4.79 Å². The Morgan fingerprint density at radius 3 is 2.80 bits per heavy atom. The molecule has 25 heavy (non-hydrogen) atoms. The minimum atomic E-state index is -0.112. The Balaban J connectivity index is 1.94. The second-order valence-electron chi connectivity index (χ2n) is 6.84. The van der Waals surface area contributed by atoms with Gasteiger partial charge in [0.05, 0.1) is 5.39 Å². The Hall–Kier alpha value is -2.02. The van der Waals surface area contributed by atoms with Gasteiger partial charge < -0.3 is 4.90 Å². The van der Waals surface area contributed by atoms with Gasteiger partial charge in [0, 0.05) is 18.0 Å². The van der Waals surface area contributed by atoms with Gasteiger partial charge in [-0.15, -0.1) is 16.4 Å². The fourth-order valence-electron chi connectivity index (χ4n) is 3.69. The lowest BCUT2D eigenvalue weighted by molar-refractivity contribution is 0.0761. The lowest BCUT2D eigenvalue weighted by Crippen LogP contribution is -2.31. The van der Waals surface area contributed by atoms with Crippen molar-refractivity contribution in [1.29, 1.82) is 0 Å². The van der Waals surface area contributed by atoms with Crippen LogP contribution in [0.2, 0.25) is 0 Å². The normalized spacial score (nSPS) is 17.2. The molecule has 6 nitrogen and oxygen atoms in total. The van der Waals surface area contributed by atoms with Gasteiger partial charge in [0.15, 0.2) is 5.65 Å². The zero-order chi connectivity index (χ0) is 17.7. The molecule has 1 aliphatic rings. The van der Waals surface area contributed by atoms with Gasteiger partial charge in [0.1, 0.15) is 10.7 Å². The molecule has 4 rings (SSSR count). The molecule has 0 aliphatic heterocycles. The first-order valence-corrected chi connectivity index (χ1v) is 9.82. The van der Waals surface area contributed by atoms with E-state index < -0.39 is 0 Å². The van der Waals surface area contributed by atoms with E-state index >= 15 is 0 Å². The third kappa shape index (κ3) is 2.52. The molecule has 0 saturated carbocycles. The minimum absolute atomic E-state index is 0.112. The number of hydrogen-bond acceptors (Lipinski definition) is 5. The first kappa shape index (κ1) is 16.4. The summed E-state index contributed by atoms with van der Waals surface area (Å²) in [6, 6.07) is 0. The molecule has 1 aliphatic carbocycles. The number of aromatic nitrogens is 4. The molecule has 1 atom stereocenters. The van der Waals surface area contributed by atoms with Crippen LogP contribution in [0.15, 0.2) is 0 Å². The van der Waals surface area contributed by atoms with Crippen LogP contribution < -0.4 is 0 Å². The number of rotatable bonds is 3. The maximum atomic E-state index is 12.7. The molecule has 0 saturated heterocycles. The van der Waals surface area contributed by atoms with Crippen molar-refractivity contribution in [3.63, 3.8) is 0 Å². The summed E-state index contributed by atoms with van der Waals surface area (Å²) in [6.45, 7) is 9.47. The van der Waals surface area contributed by atoms with Crippen LogP contribution in [0.3, 0.4) is 0 Å². The molecule has 0 N–H and O–H groups in total. The molecule has 0 spiro atoms. The summed E-state index contributed by atoms with van der Waals surface area (Å²) in [4.78, 5) is 26.3. The van der Waals surface area contributed by atoms with Gasteiger partial charge in [-0.25, -0.2) is 9.97 Å². The molecule has 0 aromatic carbocycles. The quantitative estimate of drug-likeness (QED) is 0.722. The predicted octanol–water partition coefficient (Wildman–Crippen LogP) is 3.25. The SMILES string of the molecule is CCN(CC)C(=O)c1nc2c3c4c(sc3nc(C)n2n1)CC[C@H](C)C4. The van der Waals surface area contributed by atoms with E-state index in [1.165, 1.54) is 16.9 Å². The Kier molecular flexibility index (Phi) is 3.98. The fraction of sp³-hybridized carbons (Fsp3) is 0.556. The zero-order valence-corrected chi connectivity index (χ0v) is 16.0. The maximum Gasteiger partial charge on any atom is 0.293 e. The van der Waals surface area contributed by atoms with E-state index in [1.807, 2.05) is 20.8 Å². The summed E-state index contributed by atoms with van der Waals surface area (Å²) in [7, 11) is 0. The number of aryl methyl sites for hydroxylation is 2. The van der Waals surface area contributed by atoms with Gasteiger partial charge >= 0.3 is 0 Å². The summed E-state index contributed by atoms with van der Waals surface area (Å²) in [5.41, 5.74) is 2.15. The Morgan fingerprint density at radius 1 is 1.32 bits per heavy atom. The fourth-order valence-corrected chi connectivity index (χ4v) is 4.95. The van der Waals surface area contributed by atoms with Crippen molar-refractivity contribution in [2.45, 2.75) is 47.0 Å². The average molecular weight is 357 g/mol. The van der Waals surface area contributed by atoms with Gasteiger partial charge in [-0.05, 0) is 51.5 Å². The van der Waals surface area contributed by atoms with E-state index in [4.69, 9.17) is 4.98 Å². The van der Waals surface area contributed by atoms with E-state index in [2.05, 4.69) is 17.0 Å². The molecule has 7 heteroatoms. The standard InChI is InChI=1S/C18H23N5OS/c1-5-22(6-2)18(24)15-20-16-14-12-9-10(3)7-8-13(12)25-17(14)19-11(4)23(16)21-15/h10H,5-9H2,1-4H3/t10-/m0/s1. The molecule has 1 amide bonds. The topological polar surface area (TPSA) is 63.4 Å². The highest BCUT2D eigenvalue weighted by Gasteiger charge is 2.26. The van der Waals surface area contributed by atoms with Crippen LogP contribution in [0.5, 0.6) is 0 Å². The van der Waals surface area contributed by atoms with Crippen LogP contribution in [0, 0.1) is 12.8 Å². The van der Waals surface area contributed by atoms with Gasteiger partial charge in [-0.2, -0.15) is 4.52 Å². The first-order chi connectivity index (χ1) is 12.0. The van der Waals surface area contributed by atoms with Crippen LogP contribution in [-0.2, 0) is 12.8 Å². The molecule has 0 fully saturated rings. The molecule has 3 heterocycles. The lowest BCUT2D eigenvalue weighted by atomic mass is 9.89. The van der Waals surface area contributed by atoms with Crippen molar-refractivity contribution >= 4 is 33.1 Å². The molecule has 0 bridgehead atoms. The first-order valence-electron chi connectivity index (χ1n) is 9.00. The van der Waals surface area contributed by atoms with Crippen molar-refractivity contribution in [3.05, 3.63) is 22.1 Å². The van der Waals surface area contributed by atoms with Crippen LogP contribution >= 0.6 is 11.3 Å². The molecular formula is C18H23N5OS. The second-order valence-corrected chi connectivity index (χ2v) is 7.92. The van der Waals surface area contributed by atoms with Gasteiger partial charge in [-0.1, -0.05) is 6.92 Å². The number of carbonyl (C=O) groups is 1. The zero-order valence-electron chi connectivity index (χ0n) is 15.2. The smallest absolute Gasteiger partial charge is 0.293 e. The highest BCUT2D eigenvalue weighted by molar-refractivity contribution is 7.19. The number of amides is 1. The van der Waals surface area contributed by atoms with E-state index in [0.717, 1.165) is 34.5 Å². The van der Waals surface area contributed by atoms with E-state index in [0.29, 0.717) is 19.0 Å². The third-order valence-corrected chi connectivity index (χ3v) is 6.32. The summed E-state index contributed by atoms with van der Waals surface area (Å²) in [5.74, 6) is 1.61. The van der Waals surface area contributed by atoms with Crippen LogP contribution in [0.1, 0.15) is 54.1 Å². The van der Waals surface area contributed by atoms with Gasteiger partial charge in [0.25, 0.3) is 5.91 Å². The number of thiophene rings is 1. The predicted molar refractivity (Wildman–Crippen MR) is 99.3 cm³/mol. The van der Waals surface area contributed by atoms with Crippen molar-refractivity contribution in [1.82, 2.24) is 24.5 Å². The van der Waals surface area contributed by atoms with Gasteiger partial charge in [0.2, 0.25) is 5.82 Å². The molecule has 0 radical (unpaired) electrons. The van der Waals surface area contributed by atoms with Gasteiger partial charge in [-0.3, -0.25) is 4.79 Å². The number of hydrogen-bond donors (Lipinski definition) is 0. The summed E-state index contributed by atoms with van der Waals surface area (Å²) in [6.07, 6.45) is 3.40. The van der Waals surface area contributed by atoms with Crippen molar-refractivity contribution < 1.29 is 4.79 Å². The van der Waals surface area contributed by atoms with Crippen LogP contribution in [-0.4, -0.2) is 43.5 Å². The highest BCUT2D eigenvalue weighted by atomic mass is 32.1. The summed E-state index contributed by atoms with van der Waals surface area (Å²) >= 11 is 1.78. The number of carbonyl (C=O) groups excluding carboxylic acids is 1. The molecule has 132 valence electrons. The molecule has 3 aromatic rings. The van der Waals surface area contributed by atoms with E-state index in [1.54, 1.807) is 20.8 Å². The monoisotopic (exact) mass is 357 g/mol. The largest absolute Gasteiger partial charge is 0.336 e. The lowest BCUT2D eigenvalue weighted by Gasteiger charge is -2.17. The Labute approximate surface area is 150 Å². The molecule has 0 unspecified atom stereocenters. The highest BCUT2D eigenvalue weighted by Crippen LogP contribution is 2.38. The Bertz CT molecular complexity index is 969. The Morgan fingerprint density at radius 2 is 2.08 bits per heavy atom. The molecule has 3 aromatic heterocycles. The second kappa shape index (κ2) is 6.05. The van der Waals surface area contributed by atoms with Crippen molar-refractivity contribution in [2.75, 3.05) is 13.1 Å². The average Bonchev–Trinajstić information content (AvgIpc) is 3.17. The summed E-state index contributed by atoms with van der Waals surface area (Å²) in [5, 5.41) is 5.58. The maximum absolute atomic E-state index is 12.7. The minimum Gasteiger partial charge on any atom is -0.336 e. The summed E-state index contributed by atoms with van der Waals surface area (Å²) < 4.78 is 1.74. The number of fused-ring (bicyclic) bond motifs is 5. The third-order valence-electron chi connectivity index (χ3n) is 5.13. The van der Waals surface area contributed by atoms with Crippen molar-refractivity contribution in [2.24, 2.45) is 5.92 Å². The van der Waals surface area contributed by atoms with Crippen LogP contribution in [0.25, 0.3) is 15.9 Å². The van der Waals surface area contributed by atoms with Crippen molar-refractivity contribution in [3.8, 4) is 0 Å². The van der Waals surface area contributed by atoms with E-state index in [-0.39, 0.29) is 11.7 Å².